The van der Waals surface area contributed by atoms with Crippen molar-refractivity contribution in [3.8, 4) is 0 Å². The first-order valence-electron chi connectivity index (χ1n) is 9.26. The van der Waals surface area contributed by atoms with Gasteiger partial charge in [0.1, 0.15) is 5.82 Å². The molecule has 1 aromatic heterocycles. The Morgan fingerprint density at radius 2 is 2.00 bits per heavy atom. The van der Waals surface area contributed by atoms with Crippen molar-refractivity contribution in [1.29, 1.82) is 0 Å². The number of pyridine rings is 1. The summed E-state index contributed by atoms with van der Waals surface area (Å²) in [5.41, 5.74) is 2.74. The van der Waals surface area contributed by atoms with Crippen LogP contribution in [0.15, 0.2) is 48.7 Å². The zero-order valence-electron chi connectivity index (χ0n) is 14.9. The highest BCUT2D eigenvalue weighted by Gasteiger charge is 2.24. The van der Waals surface area contributed by atoms with E-state index in [1.807, 2.05) is 0 Å². The van der Waals surface area contributed by atoms with Crippen molar-refractivity contribution in [3.05, 3.63) is 59.8 Å². The molecule has 1 N–H and O–H groups in total. The zero-order valence-corrected chi connectivity index (χ0v) is 14.9. The monoisotopic (exact) mass is 323 g/mol. The van der Waals surface area contributed by atoms with Gasteiger partial charge in [-0.2, -0.15) is 0 Å². The van der Waals surface area contributed by atoms with Gasteiger partial charge in [-0.15, -0.1) is 0 Å². The van der Waals surface area contributed by atoms with Gasteiger partial charge >= 0.3 is 0 Å². The normalized spacial score (nSPS) is 19.8. The van der Waals surface area contributed by atoms with Gasteiger partial charge in [0.25, 0.3) is 0 Å². The quantitative estimate of drug-likeness (QED) is 0.809. The highest BCUT2D eigenvalue weighted by Crippen LogP contribution is 2.32. The molecule has 1 aliphatic heterocycles. The van der Waals surface area contributed by atoms with Gasteiger partial charge in [0, 0.05) is 24.8 Å². The van der Waals surface area contributed by atoms with E-state index in [1.54, 1.807) is 0 Å². The Morgan fingerprint density at radius 3 is 2.71 bits per heavy atom. The van der Waals surface area contributed by atoms with Crippen LogP contribution in [0.3, 0.4) is 0 Å². The second-order valence-corrected chi connectivity index (χ2v) is 6.90. The number of piperidine rings is 1. The summed E-state index contributed by atoms with van der Waals surface area (Å²) < 4.78 is 0. The summed E-state index contributed by atoms with van der Waals surface area (Å²) in [6.45, 7) is 6.58. The van der Waals surface area contributed by atoms with E-state index >= 15 is 0 Å². The van der Waals surface area contributed by atoms with E-state index < -0.39 is 0 Å². The molecule has 24 heavy (non-hydrogen) atoms. The smallest absolute Gasteiger partial charge is 0.126 e. The van der Waals surface area contributed by atoms with Crippen molar-refractivity contribution in [2.45, 2.75) is 58.2 Å². The lowest BCUT2D eigenvalue weighted by Crippen LogP contribution is -2.33. The predicted octanol–water partition coefficient (Wildman–Crippen LogP) is 5.02. The molecule has 1 saturated heterocycles. The van der Waals surface area contributed by atoms with Crippen LogP contribution in [0.2, 0.25) is 0 Å². The molecule has 3 heteroatoms. The molecule has 0 radical (unpaired) electrons. The van der Waals surface area contributed by atoms with Crippen LogP contribution >= 0.6 is 0 Å². The SMILES string of the molecule is CC[C@@H](C)Nc1ccc([C@H]2CCCCN2Cc2ccccc2)cn1. The summed E-state index contributed by atoms with van der Waals surface area (Å²) in [6.07, 6.45) is 7.01. The van der Waals surface area contributed by atoms with E-state index in [2.05, 4.69) is 77.7 Å². The van der Waals surface area contributed by atoms with Crippen molar-refractivity contribution < 1.29 is 0 Å². The van der Waals surface area contributed by atoms with Crippen LogP contribution in [0, 0.1) is 0 Å². The maximum absolute atomic E-state index is 4.65. The van der Waals surface area contributed by atoms with E-state index in [4.69, 9.17) is 0 Å². The number of rotatable bonds is 6. The van der Waals surface area contributed by atoms with Gasteiger partial charge in [0.15, 0.2) is 0 Å². The third-order valence-corrected chi connectivity index (χ3v) is 5.02. The van der Waals surface area contributed by atoms with Gasteiger partial charge < -0.3 is 5.32 Å². The number of anilines is 1. The second-order valence-electron chi connectivity index (χ2n) is 6.90. The average Bonchev–Trinajstić information content (AvgIpc) is 2.64. The molecule has 0 unspecified atom stereocenters. The number of nitrogens with one attached hydrogen (secondary N) is 1. The summed E-state index contributed by atoms with van der Waals surface area (Å²) in [7, 11) is 0. The van der Waals surface area contributed by atoms with E-state index in [0.29, 0.717) is 12.1 Å². The lowest BCUT2D eigenvalue weighted by Gasteiger charge is -2.36. The highest BCUT2D eigenvalue weighted by atomic mass is 15.2. The Balaban J connectivity index is 1.70. The van der Waals surface area contributed by atoms with Crippen molar-refractivity contribution in [1.82, 2.24) is 9.88 Å². The summed E-state index contributed by atoms with van der Waals surface area (Å²) in [6, 6.07) is 16.1. The molecular weight excluding hydrogens is 294 g/mol. The van der Waals surface area contributed by atoms with Gasteiger partial charge in [-0.05, 0) is 49.9 Å². The number of benzene rings is 1. The molecule has 0 amide bonds. The molecule has 3 nitrogen and oxygen atoms in total. The van der Waals surface area contributed by atoms with Crippen molar-refractivity contribution in [2.24, 2.45) is 0 Å². The Morgan fingerprint density at radius 1 is 1.17 bits per heavy atom. The maximum atomic E-state index is 4.65. The Labute approximate surface area is 146 Å². The van der Waals surface area contributed by atoms with Crippen LogP contribution in [-0.4, -0.2) is 22.5 Å². The molecule has 1 aromatic carbocycles. The summed E-state index contributed by atoms with van der Waals surface area (Å²) in [4.78, 5) is 7.25. The lowest BCUT2D eigenvalue weighted by molar-refractivity contribution is 0.140. The molecule has 0 saturated carbocycles. The first-order chi connectivity index (χ1) is 11.8. The maximum Gasteiger partial charge on any atom is 0.126 e. The predicted molar refractivity (Wildman–Crippen MR) is 101 cm³/mol. The molecule has 128 valence electrons. The number of nitrogens with zero attached hydrogens (tertiary/aromatic N) is 2. The van der Waals surface area contributed by atoms with E-state index in [-0.39, 0.29) is 0 Å². The highest BCUT2D eigenvalue weighted by molar-refractivity contribution is 5.37. The molecule has 0 spiro atoms. The van der Waals surface area contributed by atoms with Crippen LogP contribution in [-0.2, 0) is 6.54 Å². The van der Waals surface area contributed by atoms with Crippen LogP contribution in [0.4, 0.5) is 5.82 Å². The Hall–Kier alpha value is -1.87. The number of hydrogen-bond acceptors (Lipinski definition) is 3. The van der Waals surface area contributed by atoms with Crippen molar-refractivity contribution in [3.63, 3.8) is 0 Å². The minimum atomic E-state index is 0.465. The number of likely N-dealkylation sites (tertiary alicyclic amines) is 1. The van der Waals surface area contributed by atoms with E-state index in [9.17, 15) is 0 Å². The summed E-state index contributed by atoms with van der Waals surface area (Å²) in [5.74, 6) is 0.985. The first kappa shape index (κ1) is 17.0. The van der Waals surface area contributed by atoms with Crippen LogP contribution in [0.1, 0.15) is 56.7 Å². The average molecular weight is 323 g/mol. The number of aromatic nitrogens is 1. The second kappa shape index (κ2) is 8.29. The largest absolute Gasteiger partial charge is 0.368 e. The van der Waals surface area contributed by atoms with Gasteiger partial charge in [0.2, 0.25) is 0 Å². The van der Waals surface area contributed by atoms with E-state index in [0.717, 1.165) is 18.8 Å². The minimum absolute atomic E-state index is 0.465. The van der Waals surface area contributed by atoms with Gasteiger partial charge in [0.05, 0.1) is 0 Å². The van der Waals surface area contributed by atoms with Gasteiger partial charge in [-0.1, -0.05) is 49.7 Å². The van der Waals surface area contributed by atoms with E-state index in [1.165, 1.54) is 36.9 Å². The molecule has 3 rings (SSSR count). The zero-order chi connectivity index (χ0) is 16.8. The Bertz CT molecular complexity index is 609. The summed E-state index contributed by atoms with van der Waals surface area (Å²) in [5, 5.41) is 3.45. The molecule has 1 aliphatic rings. The molecule has 2 aromatic rings. The third-order valence-electron chi connectivity index (χ3n) is 5.02. The van der Waals surface area contributed by atoms with Gasteiger partial charge in [-0.25, -0.2) is 4.98 Å². The molecule has 1 fully saturated rings. The fraction of sp³-hybridized carbons (Fsp3) is 0.476. The number of hydrogen-bond donors (Lipinski definition) is 1. The molecule has 2 atom stereocenters. The Kier molecular flexibility index (Phi) is 5.86. The van der Waals surface area contributed by atoms with Crippen molar-refractivity contribution in [2.75, 3.05) is 11.9 Å². The molecule has 2 heterocycles. The first-order valence-corrected chi connectivity index (χ1v) is 9.26. The van der Waals surface area contributed by atoms with Crippen LogP contribution in [0.5, 0.6) is 0 Å². The van der Waals surface area contributed by atoms with Crippen LogP contribution < -0.4 is 5.32 Å². The topological polar surface area (TPSA) is 28.2 Å². The molecule has 0 bridgehead atoms. The minimum Gasteiger partial charge on any atom is -0.368 e. The third kappa shape index (κ3) is 4.35. The lowest BCUT2D eigenvalue weighted by atomic mass is 9.95. The standard InChI is InChI=1S/C21H29N3/c1-3-17(2)23-21-13-12-19(15-22-21)20-11-7-8-14-24(20)16-18-9-5-4-6-10-18/h4-6,9-10,12-13,15,17,20H,3,7-8,11,14,16H2,1-2H3,(H,22,23)/t17-,20-/m1/s1. The van der Waals surface area contributed by atoms with Gasteiger partial charge in [-0.3, -0.25) is 4.90 Å². The summed E-state index contributed by atoms with van der Waals surface area (Å²) >= 11 is 0. The van der Waals surface area contributed by atoms with Crippen molar-refractivity contribution >= 4 is 5.82 Å². The fourth-order valence-corrected chi connectivity index (χ4v) is 3.42. The molecule has 0 aliphatic carbocycles. The molecular formula is C21H29N3. The van der Waals surface area contributed by atoms with Crippen LogP contribution in [0.25, 0.3) is 0 Å². The fourth-order valence-electron chi connectivity index (χ4n) is 3.42.